The highest BCUT2D eigenvalue weighted by atomic mass is 79.9. The summed E-state index contributed by atoms with van der Waals surface area (Å²) in [5.74, 6) is -0.0194. The van der Waals surface area contributed by atoms with Crippen molar-refractivity contribution in [1.29, 1.82) is 0 Å². The number of amides is 1. The van der Waals surface area contributed by atoms with Gasteiger partial charge in [-0.05, 0) is 54.6 Å². The number of thioether (sulfide) groups is 1. The monoisotopic (exact) mass is 391 g/mol. The molecule has 0 bridgehead atoms. The Bertz CT molecular complexity index is 675. The summed E-state index contributed by atoms with van der Waals surface area (Å²) in [4.78, 5) is 13.6. The molecule has 2 unspecified atom stereocenters. The van der Waals surface area contributed by atoms with E-state index in [2.05, 4.69) is 44.2 Å². The van der Waals surface area contributed by atoms with Crippen LogP contribution in [-0.2, 0) is 4.79 Å². The van der Waals surface area contributed by atoms with Crippen LogP contribution in [0.5, 0.6) is 0 Å². The number of nitrogens with one attached hydrogen (secondary N) is 3. The van der Waals surface area contributed by atoms with Gasteiger partial charge in [-0.2, -0.15) is 0 Å². The molecular weight excluding hydrogens is 374 g/mol. The fraction of sp³-hybridized carbons (Fsp3) is 0.235. The molecule has 23 heavy (non-hydrogen) atoms. The van der Waals surface area contributed by atoms with Gasteiger partial charge in [0.1, 0.15) is 6.04 Å². The maximum atomic E-state index is 12.4. The minimum absolute atomic E-state index is 0.0194. The lowest BCUT2D eigenvalue weighted by molar-refractivity contribution is -0.117. The van der Waals surface area contributed by atoms with Crippen LogP contribution in [0.4, 0.5) is 5.69 Å². The molecule has 0 aromatic heterocycles. The van der Waals surface area contributed by atoms with Crippen LogP contribution in [-0.4, -0.2) is 18.2 Å². The van der Waals surface area contributed by atoms with Crippen molar-refractivity contribution in [3.05, 3.63) is 58.6 Å². The molecule has 0 radical (unpaired) electrons. The van der Waals surface area contributed by atoms with Crippen LogP contribution in [0.3, 0.4) is 0 Å². The van der Waals surface area contributed by atoms with Crippen molar-refractivity contribution in [2.24, 2.45) is 0 Å². The fourth-order valence-electron chi connectivity index (χ4n) is 2.55. The van der Waals surface area contributed by atoms with E-state index in [4.69, 9.17) is 0 Å². The molecule has 0 spiro atoms. The molecule has 0 aliphatic carbocycles. The molecule has 1 amide bonds. The molecule has 1 aliphatic heterocycles. The maximum absolute atomic E-state index is 12.4. The van der Waals surface area contributed by atoms with E-state index in [1.807, 2.05) is 42.7 Å². The lowest BCUT2D eigenvalue weighted by Gasteiger charge is -2.11. The first kappa shape index (κ1) is 16.5. The molecule has 3 N–H and O–H groups in total. The average Bonchev–Trinajstić information content (AvgIpc) is 3.06. The second-order valence-corrected chi connectivity index (χ2v) is 7.19. The summed E-state index contributed by atoms with van der Waals surface area (Å²) in [6.45, 7) is 0. The van der Waals surface area contributed by atoms with E-state index in [0.717, 1.165) is 16.6 Å². The largest absolute Gasteiger partial charge is 0.325 e. The number of anilines is 1. The second-order valence-electron chi connectivity index (χ2n) is 5.40. The molecule has 0 saturated carbocycles. The Morgan fingerprint density at radius 1 is 1.13 bits per heavy atom. The zero-order chi connectivity index (χ0) is 16.2. The highest BCUT2D eigenvalue weighted by Crippen LogP contribution is 2.24. The summed E-state index contributed by atoms with van der Waals surface area (Å²) in [5.41, 5.74) is 8.27. The molecule has 1 fully saturated rings. The number of hydrogen-bond donors (Lipinski definition) is 3. The number of carbonyl (C=O) groups is 1. The van der Waals surface area contributed by atoms with Crippen LogP contribution < -0.4 is 16.2 Å². The van der Waals surface area contributed by atoms with Gasteiger partial charge in [-0.3, -0.25) is 4.79 Å². The lowest BCUT2D eigenvalue weighted by atomic mass is 10.0. The number of carbonyl (C=O) groups excluding carboxylic acids is 1. The molecule has 4 nitrogen and oxygen atoms in total. The van der Waals surface area contributed by atoms with Crippen molar-refractivity contribution in [1.82, 2.24) is 10.9 Å². The van der Waals surface area contributed by atoms with Crippen LogP contribution >= 0.6 is 27.7 Å². The summed E-state index contributed by atoms with van der Waals surface area (Å²) in [5, 5.41) is 2.96. The van der Waals surface area contributed by atoms with E-state index in [1.54, 1.807) is 11.8 Å². The Hall–Kier alpha value is -1.34. The van der Waals surface area contributed by atoms with Crippen molar-refractivity contribution in [3.63, 3.8) is 0 Å². The third-order valence-corrected chi connectivity index (χ3v) is 5.12. The average molecular weight is 392 g/mol. The third-order valence-electron chi connectivity index (χ3n) is 3.85. The summed E-state index contributed by atoms with van der Waals surface area (Å²) >= 11 is 5.12. The van der Waals surface area contributed by atoms with Gasteiger partial charge in [0, 0.05) is 21.1 Å². The van der Waals surface area contributed by atoms with Gasteiger partial charge in [-0.1, -0.05) is 28.1 Å². The van der Waals surface area contributed by atoms with Crippen LogP contribution in [0, 0.1) is 0 Å². The number of benzene rings is 2. The summed E-state index contributed by atoms with van der Waals surface area (Å²) in [6.07, 6.45) is 2.75. The van der Waals surface area contributed by atoms with E-state index in [9.17, 15) is 4.79 Å². The summed E-state index contributed by atoms with van der Waals surface area (Å²) in [7, 11) is 0. The smallest absolute Gasteiger partial charge is 0.242 e. The van der Waals surface area contributed by atoms with Gasteiger partial charge in [0.05, 0.1) is 0 Å². The molecule has 3 rings (SSSR count). The first-order valence-corrected chi connectivity index (χ1v) is 9.39. The van der Waals surface area contributed by atoms with E-state index in [1.165, 1.54) is 10.5 Å². The zero-order valence-corrected chi connectivity index (χ0v) is 15.1. The van der Waals surface area contributed by atoms with Crippen molar-refractivity contribution < 1.29 is 4.79 Å². The van der Waals surface area contributed by atoms with Crippen molar-refractivity contribution >= 4 is 39.3 Å². The molecule has 6 heteroatoms. The van der Waals surface area contributed by atoms with Gasteiger partial charge < -0.3 is 5.32 Å². The number of halogens is 1. The zero-order valence-electron chi connectivity index (χ0n) is 12.7. The van der Waals surface area contributed by atoms with E-state index < -0.39 is 0 Å². The number of rotatable bonds is 4. The first-order chi connectivity index (χ1) is 11.2. The Balaban J connectivity index is 1.59. The fourth-order valence-corrected chi connectivity index (χ4v) is 3.22. The van der Waals surface area contributed by atoms with Gasteiger partial charge in [0.25, 0.3) is 0 Å². The minimum Gasteiger partial charge on any atom is -0.325 e. The molecule has 2 atom stereocenters. The summed E-state index contributed by atoms with van der Waals surface area (Å²) in [6, 6.07) is 15.9. The number of hydrazine groups is 1. The van der Waals surface area contributed by atoms with Gasteiger partial charge in [0.2, 0.25) is 5.91 Å². The van der Waals surface area contributed by atoms with Crippen LogP contribution in [0.15, 0.2) is 57.9 Å². The van der Waals surface area contributed by atoms with Crippen molar-refractivity contribution in [3.8, 4) is 0 Å². The molecule has 1 heterocycles. The lowest BCUT2D eigenvalue weighted by Crippen LogP contribution is -2.39. The third kappa shape index (κ3) is 4.14. The summed E-state index contributed by atoms with van der Waals surface area (Å²) < 4.78 is 1.05. The normalized spacial score (nSPS) is 20.4. The maximum Gasteiger partial charge on any atom is 0.242 e. The van der Waals surface area contributed by atoms with Gasteiger partial charge >= 0.3 is 0 Å². The predicted molar refractivity (Wildman–Crippen MR) is 98.4 cm³/mol. The Kier molecular flexibility index (Phi) is 5.38. The number of hydrogen-bond acceptors (Lipinski definition) is 4. The van der Waals surface area contributed by atoms with Crippen LogP contribution in [0.2, 0.25) is 0 Å². The molecular formula is C17H18BrN3OS. The Labute approximate surface area is 148 Å². The molecule has 120 valence electrons. The molecule has 2 aromatic rings. The second kappa shape index (κ2) is 7.49. The van der Waals surface area contributed by atoms with Crippen LogP contribution in [0.25, 0.3) is 0 Å². The van der Waals surface area contributed by atoms with Crippen molar-refractivity contribution in [2.45, 2.75) is 23.4 Å². The molecule has 1 aliphatic rings. The van der Waals surface area contributed by atoms with Gasteiger partial charge in [-0.25, -0.2) is 10.9 Å². The van der Waals surface area contributed by atoms with E-state index in [-0.39, 0.29) is 18.0 Å². The highest BCUT2D eigenvalue weighted by molar-refractivity contribution is 9.10. The molecule has 2 aromatic carbocycles. The predicted octanol–water partition coefficient (Wildman–Crippen LogP) is 3.72. The Morgan fingerprint density at radius 2 is 1.83 bits per heavy atom. The van der Waals surface area contributed by atoms with Gasteiger partial charge in [-0.15, -0.1) is 11.8 Å². The van der Waals surface area contributed by atoms with Gasteiger partial charge in [0.15, 0.2) is 0 Å². The van der Waals surface area contributed by atoms with E-state index >= 15 is 0 Å². The molecule has 1 saturated heterocycles. The quantitative estimate of drug-likeness (QED) is 0.695. The van der Waals surface area contributed by atoms with E-state index in [0.29, 0.717) is 0 Å². The Morgan fingerprint density at radius 3 is 2.48 bits per heavy atom. The first-order valence-electron chi connectivity index (χ1n) is 7.37. The topological polar surface area (TPSA) is 53.2 Å². The standard InChI is InChI=1S/C17H18BrN3OS/c1-23-14-8-6-13(7-9-14)19-17(22)16-10-15(20-21-16)11-2-4-12(18)5-3-11/h2-9,15-16,20-21H,10H2,1H3,(H,19,22). The van der Waals surface area contributed by atoms with Crippen LogP contribution in [0.1, 0.15) is 18.0 Å². The highest BCUT2D eigenvalue weighted by Gasteiger charge is 2.30. The van der Waals surface area contributed by atoms with Crippen molar-refractivity contribution in [2.75, 3.05) is 11.6 Å². The SMILES string of the molecule is CSc1ccc(NC(=O)C2CC(c3ccc(Br)cc3)NN2)cc1. The minimum atomic E-state index is -0.246.